The minimum absolute atomic E-state index is 0.222. The summed E-state index contributed by atoms with van der Waals surface area (Å²) in [5.74, 6) is -0.0504. The number of hydrogen-bond acceptors (Lipinski definition) is 4. The van der Waals surface area contributed by atoms with Crippen LogP contribution in [0.1, 0.15) is 10.4 Å². The van der Waals surface area contributed by atoms with Crippen LogP contribution in [-0.2, 0) is 0 Å². The molecule has 2 rings (SSSR count). The fraction of sp³-hybridized carbons (Fsp3) is 0. The molecular formula is C11H8BrClN4O. The number of anilines is 2. The number of amides is 1. The zero-order valence-corrected chi connectivity index (χ0v) is 11.4. The van der Waals surface area contributed by atoms with Crippen LogP contribution in [0, 0.1) is 0 Å². The van der Waals surface area contributed by atoms with Gasteiger partial charge < -0.3 is 11.1 Å². The zero-order chi connectivity index (χ0) is 13.1. The topological polar surface area (TPSA) is 80.9 Å². The van der Waals surface area contributed by atoms with E-state index in [2.05, 4.69) is 31.2 Å². The van der Waals surface area contributed by atoms with Gasteiger partial charge in [0.1, 0.15) is 4.60 Å². The lowest BCUT2D eigenvalue weighted by molar-refractivity contribution is 0.102. The van der Waals surface area contributed by atoms with E-state index in [0.29, 0.717) is 21.7 Å². The molecule has 0 saturated carbocycles. The standard InChI is InChI=1S/C11H8BrClN4O/c12-8-4-16-9(5-15-8)17-11(18)6-2-1-3-7(14)10(6)13/h1-5H,14H2,(H,16,17,18). The number of carbonyl (C=O) groups excluding carboxylic acids is 1. The molecule has 0 radical (unpaired) electrons. The van der Waals surface area contributed by atoms with Gasteiger partial charge in [0.25, 0.3) is 5.91 Å². The lowest BCUT2D eigenvalue weighted by atomic mass is 10.2. The Morgan fingerprint density at radius 2 is 2.11 bits per heavy atom. The monoisotopic (exact) mass is 326 g/mol. The van der Waals surface area contributed by atoms with E-state index < -0.39 is 0 Å². The van der Waals surface area contributed by atoms with Crippen LogP contribution >= 0.6 is 27.5 Å². The van der Waals surface area contributed by atoms with Gasteiger partial charge in [0.2, 0.25) is 0 Å². The Bertz CT molecular complexity index is 588. The molecule has 0 fully saturated rings. The van der Waals surface area contributed by atoms with E-state index in [0.717, 1.165) is 0 Å². The summed E-state index contributed by atoms with van der Waals surface area (Å²) < 4.78 is 0.586. The molecule has 1 amide bonds. The molecule has 5 nitrogen and oxygen atoms in total. The number of aromatic nitrogens is 2. The highest BCUT2D eigenvalue weighted by atomic mass is 79.9. The van der Waals surface area contributed by atoms with Crippen molar-refractivity contribution in [2.75, 3.05) is 11.1 Å². The van der Waals surface area contributed by atoms with Crippen LogP contribution < -0.4 is 11.1 Å². The number of nitrogens with two attached hydrogens (primary N) is 1. The third-order valence-electron chi connectivity index (χ3n) is 2.14. The van der Waals surface area contributed by atoms with Crippen molar-refractivity contribution >= 4 is 44.9 Å². The molecule has 3 N–H and O–H groups in total. The summed E-state index contributed by atoms with van der Waals surface area (Å²) in [7, 11) is 0. The van der Waals surface area contributed by atoms with Gasteiger partial charge in [-0.1, -0.05) is 17.7 Å². The van der Waals surface area contributed by atoms with E-state index in [1.165, 1.54) is 12.4 Å². The van der Waals surface area contributed by atoms with Crippen molar-refractivity contribution in [3.05, 3.63) is 45.8 Å². The molecule has 1 aromatic heterocycles. The van der Waals surface area contributed by atoms with Crippen LogP contribution in [0.15, 0.2) is 35.2 Å². The number of hydrogen-bond donors (Lipinski definition) is 2. The van der Waals surface area contributed by atoms with Gasteiger partial charge >= 0.3 is 0 Å². The molecule has 0 saturated heterocycles. The average molecular weight is 328 g/mol. The van der Waals surface area contributed by atoms with Crippen molar-refractivity contribution in [2.24, 2.45) is 0 Å². The number of benzene rings is 1. The van der Waals surface area contributed by atoms with Crippen molar-refractivity contribution in [1.29, 1.82) is 0 Å². The predicted molar refractivity (Wildman–Crippen MR) is 73.5 cm³/mol. The summed E-state index contributed by atoms with van der Waals surface area (Å²) in [5, 5.41) is 2.80. The Kier molecular flexibility index (Phi) is 3.78. The molecule has 2 aromatic rings. The van der Waals surface area contributed by atoms with Crippen molar-refractivity contribution in [1.82, 2.24) is 9.97 Å². The Balaban J connectivity index is 2.22. The zero-order valence-electron chi connectivity index (χ0n) is 9.02. The van der Waals surface area contributed by atoms with Gasteiger partial charge in [-0.15, -0.1) is 0 Å². The minimum Gasteiger partial charge on any atom is -0.398 e. The maximum absolute atomic E-state index is 11.9. The van der Waals surface area contributed by atoms with Gasteiger partial charge in [-0.25, -0.2) is 9.97 Å². The second kappa shape index (κ2) is 5.32. The highest BCUT2D eigenvalue weighted by molar-refractivity contribution is 9.10. The average Bonchev–Trinajstić information content (AvgIpc) is 2.35. The number of nitrogen functional groups attached to an aromatic ring is 1. The van der Waals surface area contributed by atoms with Gasteiger partial charge in [0.05, 0.1) is 28.7 Å². The third-order valence-corrected chi connectivity index (χ3v) is 2.97. The van der Waals surface area contributed by atoms with Crippen LogP contribution in [0.2, 0.25) is 5.02 Å². The van der Waals surface area contributed by atoms with E-state index in [1.807, 2.05) is 0 Å². The Labute approximate surface area is 117 Å². The quantitative estimate of drug-likeness (QED) is 0.831. The first-order valence-electron chi connectivity index (χ1n) is 4.91. The van der Waals surface area contributed by atoms with Gasteiger partial charge in [0.15, 0.2) is 5.82 Å². The van der Waals surface area contributed by atoms with Gasteiger partial charge in [-0.3, -0.25) is 4.79 Å². The molecule has 0 bridgehead atoms. The highest BCUT2D eigenvalue weighted by Crippen LogP contribution is 2.23. The van der Waals surface area contributed by atoms with E-state index >= 15 is 0 Å². The van der Waals surface area contributed by atoms with E-state index in [4.69, 9.17) is 17.3 Å². The molecule has 0 aliphatic carbocycles. The number of carbonyl (C=O) groups is 1. The molecule has 0 atom stereocenters. The number of rotatable bonds is 2. The first-order valence-corrected chi connectivity index (χ1v) is 6.08. The van der Waals surface area contributed by atoms with Crippen molar-refractivity contribution in [3.8, 4) is 0 Å². The summed E-state index contributed by atoms with van der Waals surface area (Å²) in [6.07, 6.45) is 2.92. The molecule has 92 valence electrons. The van der Waals surface area contributed by atoms with Crippen molar-refractivity contribution < 1.29 is 4.79 Å². The summed E-state index contributed by atoms with van der Waals surface area (Å²) in [5.41, 5.74) is 6.27. The second-order valence-electron chi connectivity index (χ2n) is 3.39. The van der Waals surface area contributed by atoms with E-state index in [9.17, 15) is 4.79 Å². The fourth-order valence-corrected chi connectivity index (χ4v) is 1.70. The molecule has 0 spiro atoms. The smallest absolute Gasteiger partial charge is 0.258 e. The Morgan fingerprint density at radius 1 is 1.33 bits per heavy atom. The largest absolute Gasteiger partial charge is 0.398 e. The third kappa shape index (κ3) is 2.77. The molecule has 1 heterocycles. The summed E-state index contributed by atoms with van der Waals surface area (Å²) in [6.45, 7) is 0. The molecule has 0 aliphatic heterocycles. The normalized spacial score (nSPS) is 10.1. The number of halogens is 2. The summed E-state index contributed by atoms with van der Waals surface area (Å²) >= 11 is 9.10. The molecule has 0 unspecified atom stereocenters. The molecule has 1 aromatic carbocycles. The van der Waals surface area contributed by atoms with Gasteiger partial charge in [-0.2, -0.15) is 0 Å². The number of nitrogens with one attached hydrogen (secondary N) is 1. The molecule has 0 aliphatic rings. The molecule has 18 heavy (non-hydrogen) atoms. The van der Waals surface area contributed by atoms with Crippen LogP contribution in [0.3, 0.4) is 0 Å². The van der Waals surface area contributed by atoms with E-state index in [-0.39, 0.29) is 10.9 Å². The maximum Gasteiger partial charge on any atom is 0.258 e. The second-order valence-corrected chi connectivity index (χ2v) is 4.58. The molecular weight excluding hydrogens is 320 g/mol. The van der Waals surface area contributed by atoms with E-state index in [1.54, 1.807) is 18.2 Å². The first kappa shape index (κ1) is 12.8. The van der Waals surface area contributed by atoms with Crippen LogP contribution in [-0.4, -0.2) is 15.9 Å². The van der Waals surface area contributed by atoms with Crippen molar-refractivity contribution in [2.45, 2.75) is 0 Å². The van der Waals surface area contributed by atoms with Crippen molar-refractivity contribution in [3.63, 3.8) is 0 Å². The lowest BCUT2D eigenvalue weighted by Gasteiger charge is -2.07. The Hall–Kier alpha value is -1.66. The van der Waals surface area contributed by atoms with Gasteiger partial charge in [-0.05, 0) is 28.1 Å². The lowest BCUT2D eigenvalue weighted by Crippen LogP contribution is -2.14. The summed E-state index contributed by atoms with van der Waals surface area (Å²) in [4.78, 5) is 19.9. The van der Waals surface area contributed by atoms with Crippen LogP contribution in [0.5, 0.6) is 0 Å². The first-order chi connectivity index (χ1) is 8.58. The van der Waals surface area contributed by atoms with Crippen LogP contribution in [0.4, 0.5) is 11.5 Å². The molecule has 7 heteroatoms. The predicted octanol–water partition coefficient (Wildman–Crippen LogP) is 2.73. The van der Waals surface area contributed by atoms with Gasteiger partial charge in [0, 0.05) is 0 Å². The SMILES string of the molecule is Nc1cccc(C(=O)Nc2cnc(Br)cn2)c1Cl. The maximum atomic E-state index is 11.9. The Morgan fingerprint density at radius 3 is 2.78 bits per heavy atom. The summed E-state index contributed by atoms with van der Waals surface area (Å²) in [6, 6.07) is 4.86. The highest BCUT2D eigenvalue weighted by Gasteiger charge is 2.12. The minimum atomic E-state index is -0.385. The fourth-order valence-electron chi connectivity index (χ4n) is 1.29. The number of nitrogens with zero attached hydrogens (tertiary/aromatic N) is 2. The van der Waals surface area contributed by atoms with Crippen LogP contribution in [0.25, 0.3) is 0 Å².